The van der Waals surface area contributed by atoms with Gasteiger partial charge in [0.05, 0.1) is 61.3 Å². The van der Waals surface area contributed by atoms with E-state index in [0.717, 1.165) is 160 Å². The number of anilines is 1. The van der Waals surface area contributed by atoms with Crippen LogP contribution in [0.25, 0.3) is 33.3 Å². The van der Waals surface area contributed by atoms with Gasteiger partial charge in [0.2, 0.25) is 11.8 Å². The number of rotatable bonds is 11. The fourth-order valence-corrected chi connectivity index (χ4v) is 15.5. The fourth-order valence-electron chi connectivity index (χ4n) is 15.5. The molecule has 17 heteroatoms. The van der Waals surface area contributed by atoms with Gasteiger partial charge in [-0.05, 0) is 130 Å². The second kappa shape index (κ2) is 22.3. The maximum atomic E-state index is 15.4. The lowest BCUT2D eigenvalue weighted by Crippen LogP contribution is -2.68. The molecule has 1 spiro atoms. The number of methoxy groups -OCH3 is 1. The minimum absolute atomic E-state index is 0.0236. The van der Waals surface area contributed by atoms with Gasteiger partial charge in [0.1, 0.15) is 18.1 Å². The first-order valence-corrected chi connectivity index (χ1v) is 30.9. The number of nitrogens with zero attached hydrogens (tertiary/aromatic N) is 7. The van der Waals surface area contributed by atoms with E-state index in [2.05, 4.69) is 116 Å². The van der Waals surface area contributed by atoms with Gasteiger partial charge >= 0.3 is 5.97 Å². The van der Waals surface area contributed by atoms with E-state index in [-0.39, 0.29) is 60.3 Å². The number of hydrazine groups is 1. The molecule has 2 saturated carbocycles. The topological polar surface area (TPSA) is 176 Å². The highest BCUT2D eigenvalue weighted by Gasteiger charge is 2.57. The number of nitrogens with one attached hydrogen (secondary N) is 3. The third-order valence-electron chi connectivity index (χ3n) is 20.1. The Morgan fingerprint density at radius 1 is 0.926 bits per heavy atom. The van der Waals surface area contributed by atoms with Crippen LogP contribution in [-0.2, 0) is 52.8 Å². The molecule has 2 aromatic carbocycles. The van der Waals surface area contributed by atoms with Crippen molar-refractivity contribution in [2.24, 2.45) is 22.7 Å². The van der Waals surface area contributed by atoms with Crippen molar-refractivity contribution in [1.29, 1.82) is 0 Å². The normalized spacial score (nSPS) is 28.0. The van der Waals surface area contributed by atoms with E-state index in [9.17, 15) is 9.59 Å². The van der Waals surface area contributed by atoms with Gasteiger partial charge in [-0.2, -0.15) is 0 Å². The first-order chi connectivity index (χ1) is 39.3. The molecule has 3 amide bonds. The number of carbonyl (C=O) groups excluding carboxylic acids is 4. The number of hydrogen-bond donors (Lipinski definition) is 3. The number of hydrogen-bond acceptors (Lipinski definition) is 13. The average molecular weight is 1110 g/mol. The van der Waals surface area contributed by atoms with E-state index in [1.807, 2.05) is 6.20 Å². The first kappa shape index (κ1) is 54.8. The number of piperazine rings is 1. The monoisotopic (exact) mass is 1110 g/mol. The predicted octanol–water partition coefficient (Wildman–Crippen LogP) is 6.50. The molecule has 3 N–H and O–H groups in total. The Bertz CT molecular complexity index is 3040. The quantitative estimate of drug-likeness (QED) is 0.110. The molecule has 0 unspecified atom stereocenters. The number of ether oxygens (including phenoxy) is 3. The summed E-state index contributed by atoms with van der Waals surface area (Å²) in [7, 11) is 1.74. The number of carbonyl (C=O) groups is 4. The summed E-state index contributed by atoms with van der Waals surface area (Å²) >= 11 is 0. The summed E-state index contributed by atoms with van der Waals surface area (Å²) in [6.07, 6.45) is 12.3. The Kier molecular flexibility index (Phi) is 15.1. The van der Waals surface area contributed by atoms with Crippen molar-refractivity contribution < 1.29 is 33.4 Å². The molecule has 434 valence electrons. The van der Waals surface area contributed by atoms with E-state index in [4.69, 9.17) is 19.2 Å². The molecule has 8 fully saturated rings. The van der Waals surface area contributed by atoms with Crippen LogP contribution in [0.3, 0.4) is 0 Å². The lowest BCUT2D eigenvalue weighted by Gasteiger charge is -2.56. The highest BCUT2D eigenvalue weighted by molar-refractivity contribution is 5.96. The van der Waals surface area contributed by atoms with Gasteiger partial charge in [-0.1, -0.05) is 57.0 Å². The van der Waals surface area contributed by atoms with Crippen LogP contribution >= 0.6 is 0 Å². The minimum atomic E-state index is -0.902. The molecular formula is C64H86N10O7. The van der Waals surface area contributed by atoms with Crippen molar-refractivity contribution in [3.05, 3.63) is 71.5 Å². The number of likely N-dealkylation sites (tertiary alicyclic amines) is 2. The molecule has 7 aliphatic heterocycles. The Labute approximate surface area is 478 Å². The van der Waals surface area contributed by atoms with Gasteiger partial charge in [0, 0.05) is 106 Å². The Morgan fingerprint density at radius 2 is 1.75 bits per heavy atom. The zero-order valence-corrected chi connectivity index (χ0v) is 48.6. The zero-order chi connectivity index (χ0) is 55.7. The number of aryl methyl sites for hydroxylation is 1. The van der Waals surface area contributed by atoms with Crippen LogP contribution in [0.2, 0.25) is 0 Å². The Morgan fingerprint density at radius 3 is 2.56 bits per heavy atom. The van der Waals surface area contributed by atoms with Gasteiger partial charge in [-0.15, -0.1) is 0 Å². The van der Waals surface area contributed by atoms with Gasteiger partial charge < -0.3 is 33.9 Å². The molecule has 0 radical (unpaired) electrons. The van der Waals surface area contributed by atoms with Crippen LogP contribution in [0.4, 0.5) is 5.69 Å². The average Bonchev–Trinajstić information content (AvgIpc) is 4.40. The summed E-state index contributed by atoms with van der Waals surface area (Å²) < 4.78 is 20.8. The predicted molar refractivity (Wildman–Crippen MR) is 311 cm³/mol. The van der Waals surface area contributed by atoms with Crippen LogP contribution in [0.15, 0.2) is 54.7 Å². The van der Waals surface area contributed by atoms with Crippen molar-refractivity contribution in [2.75, 3.05) is 90.7 Å². The van der Waals surface area contributed by atoms with E-state index < -0.39 is 23.5 Å². The lowest BCUT2D eigenvalue weighted by molar-refractivity contribution is -0.155. The number of aromatic nitrogens is 2. The minimum Gasteiger partial charge on any atom is -0.464 e. The van der Waals surface area contributed by atoms with Crippen molar-refractivity contribution in [2.45, 2.75) is 154 Å². The highest BCUT2D eigenvalue weighted by Crippen LogP contribution is 2.46. The first-order valence-electron chi connectivity index (χ1n) is 30.9. The molecule has 13 rings (SSSR count). The van der Waals surface area contributed by atoms with Crippen molar-refractivity contribution in [3.63, 3.8) is 0 Å². The third-order valence-corrected chi connectivity index (χ3v) is 20.1. The molecule has 6 bridgehead atoms. The molecular weight excluding hydrogens is 1020 g/mol. The van der Waals surface area contributed by atoms with E-state index >= 15 is 9.59 Å². The highest BCUT2D eigenvalue weighted by atomic mass is 16.5. The molecule has 7 atom stereocenters. The van der Waals surface area contributed by atoms with Crippen molar-refractivity contribution >= 4 is 40.3 Å². The van der Waals surface area contributed by atoms with Gasteiger partial charge in [-0.3, -0.25) is 44.3 Å². The number of piperidine rings is 1. The maximum absolute atomic E-state index is 15.4. The fraction of sp³-hybridized carbons (Fsp3) is 0.641. The second-order valence-corrected chi connectivity index (χ2v) is 26.5. The third kappa shape index (κ3) is 10.9. The smallest absolute Gasteiger partial charge is 0.324 e. The van der Waals surface area contributed by atoms with Crippen molar-refractivity contribution in [1.82, 2.24) is 45.3 Å². The molecule has 81 heavy (non-hydrogen) atoms. The van der Waals surface area contributed by atoms with Crippen LogP contribution in [0.5, 0.6) is 0 Å². The maximum Gasteiger partial charge on any atom is 0.324 e. The lowest BCUT2D eigenvalue weighted by atomic mass is 9.72. The largest absolute Gasteiger partial charge is 0.464 e. The number of morpholine rings is 1. The molecule has 2 aromatic heterocycles. The van der Waals surface area contributed by atoms with Gasteiger partial charge in [-0.25, -0.2) is 5.43 Å². The Hall–Kier alpha value is -5.43. The Balaban J connectivity index is 0.838. The number of benzene rings is 2. The number of cyclic esters (lactones) is 1. The molecule has 9 heterocycles. The SMILES string of the molecule is CCn1c(-c2cc(N3CCN4CCOC[C@@H]4C3)cnc2[C@H](C)OC)c2c3cc(ccc31)-c1cccc(c1)C[C@H](NC(=O)[C@H](C1CCCC1)N1CCCC3(CN(C(=O)[C@@H]4N[C@@H]4C4CC4)C3)C1)C(=O)N1CCC[C@H](N1)C(=O)OCC(C)(C)C2. The number of amides is 3. The van der Waals surface area contributed by atoms with E-state index in [0.29, 0.717) is 50.4 Å². The van der Waals surface area contributed by atoms with Crippen molar-refractivity contribution in [3.8, 4) is 22.4 Å². The molecule has 9 aliphatic rings. The molecule has 4 aromatic rings. The van der Waals surface area contributed by atoms with Crippen LogP contribution < -0.4 is 21.0 Å². The van der Waals surface area contributed by atoms with Crippen LogP contribution in [-0.4, -0.2) is 175 Å². The van der Waals surface area contributed by atoms with Gasteiger partial charge in [0.15, 0.2) is 0 Å². The summed E-state index contributed by atoms with van der Waals surface area (Å²) in [6.45, 7) is 18.2. The van der Waals surface area contributed by atoms with Gasteiger partial charge in [0.25, 0.3) is 5.91 Å². The standard InChI is InChI=1S/C64H86N10O7/c1-6-73-53-20-19-45-30-48(53)50(58(73)49-31-46(33-65-54(49)40(2)79-5)70-25-24-69-26-27-80-35-47(69)34-70)32-63(3,4)39-81-62(78)51-16-10-23-74(68-51)60(76)52(29-41-12-9-15-44(45)28-41)66-59(75)57(43-13-7-8-14-43)71-22-11-21-64(36-71)37-72(38-64)61(77)56-55(67-56)42-17-18-42/h9,12,15,19-20,28,30-31,33,40,42-43,47,51-52,55-57,67-68H,6-8,10-11,13-14,16-18,21-27,29,32,34-39H2,1-5H3,(H,66,75)/t40-,47-,51-,52-,55+,56+,57-/m0/s1. The zero-order valence-electron chi connectivity index (χ0n) is 48.6. The number of pyridine rings is 1. The van der Waals surface area contributed by atoms with E-state index in [1.165, 1.54) is 12.8 Å². The number of esters is 1. The molecule has 6 saturated heterocycles. The number of fused-ring (bicyclic) bond motifs is 7. The van der Waals surface area contributed by atoms with Crippen LogP contribution in [0, 0.1) is 22.7 Å². The van der Waals surface area contributed by atoms with Crippen LogP contribution in [0.1, 0.15) is 115 Å². The second-order valence-electron chi connectivity index (χ2n) is 26.5. The van der Waals surface area contributed by atoms with E-state index in [1.54, 1.807) is 12.1 Å². The summed E-state index contributed by atoms with van der Waals surface area (Å²) in [6, 6.07) is 16.2. The summed E-state index contributed by atoms with van der Waals surface area (Å²) in [5.41, 5.74) is 12.1. The molecule has 2 aliphatic carbocycles. The summed E-state index contributed by atoms with van der Waals surface area (Å²) in [5.74, 6) is 0.327. The summed E-state index contributed by atoms with van der Waals surface area (Å²) in [4.78, 5) is 73.2. The summed E-state index contributed by atoms with van der Waals surface area (Å²) in [5, 5.41) is 9.57. The molecule has 17 nitrogen and oxygen atoms in total.